The van der Waals surface area contributed by atoms with E-state index in [1.165, 1.54) is 12.1 Å². The van der Waals surface area contributed by atoms with Crippen molar-refractivity contribution in [2.45, 2.75) is 51.1 Å². The zero-order chi connectivity index (χ0) is 19.5. The summed E-state index contributed by atoms with van der Waals surface area (Å²) in [6, 6.07) is 10.4. The number of halogens is 1. The van der Waals surface area contributed by atoms with Crippen LogP contribution in [-0.2, 0) is 17.8 Å². The second kappa shape index (κ2) is 8.00. The number of amides is 1. The second-order valence-corrected chi connectivity index (χ2v) is 7.38. The van der Waals surface area contributed by atoms with Gasteiger partial charge in [-0.05, 0) is 49.6 Å². The van der Waals surface area contributed by atoms with Gasteiger partial charge in [-0.15, -0.1) is 0 Å². The van der Waals surface area contributed by atoms with Crippen molar-refractivity contribution in [2.24, 2.45) is 0 Å². The smallest absolute Gasteiger partial charge is 0.221 e. The van der Waals surface area contributed by atoms with Crippen LogP contribution in [0.4, 0.5) is 4.39 Å². The topological polar surface area (TPSA) is 60.1 Å². The molecule has 1 aliphatic rings. The van der Waals surface area contributed by atoms with Crippen LogP contribution in [0.15, 0.2) is 53.3 Å². The Morgan fingerprint density at radius 1 is 1.39 bits per heavy atom. The minimum absolute atomic E-state index is 0.107. The summed E-state index contributed by atoms with van der Waals surface area (Å²) in [5, 5.41) is 2.90. The lowest BCUT2D eigenvalue weighted by atomic mass is 9.91. The number of nitrogens with one attached hydrogen (secondary N) is 1. The van der Waals surface area contributed by atoms with E-state index in [9.17, 15) is 9.18 Å². The summed E-state index contributed by atoms with van der Waals surface area (Å²) in [5.41, 5.74) is 1.76. The summed E-state index contributed by atoms with van der Waals surface area (Å²) in [6.07, 6.45) is 6.79. The van der Waals surface area contributed by atoms with Crippen molar-refractivity contribution >= 4 is 5.91 Å². The average molecular weight is 381 g/mol. The highest BCUT2D eigenvalue weighted by atomic mass is 19.1. The molecule has 0 aliphatic carbocycles. The molecule has 0 fully saturated rings. The number of furan rings is 1. The van der Waals surface area contributed by atoms with Crippen LogP contribution in [-0.4, -0.2) is 15.5 Å². The molecule has 146 valence electrons. The summed E-state index contributed by atoms with van der Waals surface area (Å²) >= 11 is 0. The number of hydrogen-bond acceptors (Lipinski definition) is 3. The maximum atomic E-state index is 13.9. The number of aromatic nitrogens is 2. The first-order chi connectivity index (χ1) is 13.6. The lowest BCUT2D eigenvalue weighted by Crippen LogP contribution is -2.26. The molecule has 28 heavy (non-hydrogen) atoms. The largest absolute Gasteiger partial charge is 0.467 e. The number of fused-ring (bicyclic) bond motifs is 1. The molecular weight excluding hydrogens is 357 g/mol. The van der Waals surface area contributed by atoms with Crippen LogP contribution in [0.1, 0.15) is 61.0 Å². The Bertz CT molecular complexity index is 949. The average Bonchev–Trinajstić information content (AvgIpc) is 3.35. The van der Waals surface area contributed by atoms with Gasteiger partial charge in [0.15, 0.2) is 0 Å². The molecule has 1 amide bonds. The van der Waals surface area contributed by atoms with Gasteiger partial charge in [0.25, 0.3) is 0 Å². The fraction of sp³-hybridized carbons (Fsp3) is 0.364. The first-order valence-electron chi connectivity index (χ1n) is 9.72. The van der Waals surface area contributed by atoms with Crippen molar-refractivity contribution in [1.29, 1.82) is 0 Å². The highest BCUT2D eigenvalue weighted by Crippen LogP contribution is 2.34. The molecule has 2 unspecified atom stereocenters. The fourth-order valence-corrected chi connectivity index (χ4v) is 4.02. The van der Waals surface area contributed by atoms with Gasteiger partial charge in [-0.25, -0.2) is 9.37 Å². The molecular formula is C22H24FN3O2. The number of carbonyl (C=O) groups is 1. The van der Waals surface area contributed by atoms with Gasteiger partial charge in [-0.1, -0.05) is 12.1 Å². The van der Waals surface area contributed by atoms with Crippen molar-refractivity contribution in [3.63, 3.8) is 0 Å². The van der Waals surface area contributed by atoms with Gasteiger partial charge in [0.1, 0.15) is 17.4 Å². The molecule has 0 radical (unpaired) electrons. The normalized spacial score (nSPS) is 17.1. The van der Waals surface area contributed by atoms with Gasteiger partial charge in [-0.2, -0.15) is 0 Å². The molecule has 0 saturated carbocycles. The summed E-state index contributed by atoms with van der Waals surface area (Å²) in [4.78, 5) is 17.3. The van der Waals surface area contributed by atoms with Gasteiger partial charge in [0.05, 0.1) is 12.8 Å². The Kier molecular flexibility index (Phi) is 5.28. The number of imidazole rings is 1. The Balaban J connectivity index is 1.61. The molecule has 5 nitrogen and oxygen atoms in total. The predicted octanol–water partition coefficient (Wildman–Crippen LogP) is 4.35. The quantitative estimate of drug-likeness (QED) is 0.690. The van der Waals surface area contributed by atoms with E-state index in [1.807, 2.05) is 18.3 Å². The molecule has 2 aromatic heterocycles. The van der Waals surface area contributed by atoms with Gasteiger partial charge in [0, 0.05) is 36.7 Å². The molecule has 3 heterocycles. The molecule has 0 spiro atoms. The van der Waals surface area contributed by atoms with Crippen LogP contribution >= 0.6 is 0 Å². The lowest BCUT2D eigenvalue weighted by molar-refractivity contribution is -0.121. The van der Waals surface area contributed by atoms with Crippen LogP contribution in [0.2, 0.25) is 0 Å². The van der Waals surface area contributed by atoms with Gasteiger partial charge < -0.3 is 14.3 Å². The number of rotatable bonds is 6. The number of carbonyl (C=O) groups excluding carboxylic acids is 1. The lowest BCUT2D eigenvalue weighted by Gasteiger charge is -2.27. The molecule has 2 atom stereocenters. The van der Waals surface area contributed by atoms with E-state index in [-0.39, 0.29) is 24.1 Å². The van der Waals surface area contributed by atoms with Crippen molar-refractivity contribution in [3.8, 4) is 0 Å². The Morgan fingerprint density at radius 2 is 2.29 bits per heavy atom. The van der Waals surface area contributed by atoms with E-state index >= 15 is 0 Å². The zero-order valence-corrected chi connectivity index (χ0v) is 15.9. The third-order valence-electron chi connectivity index (χ3n) is 5.40. The van der Waals surface area contributed by atoms with Gasteiger partial charge in [-0.3, -0.25) is 4.79 Å². The number of aryl methyl sites for hydroxylation is 1. The third-order valence-corrected chi connectivity index (χ3v) is 5.40. The monoisotopic (exact) mass is 381 g/mol. The highest BCUT2D eigenvalue weighted by Gasteiger charge is 2.27. The maximum Gasteiger partial charge on any atom is 0.221 e. The fourth-order valence-electron chi connectivity index (χ4n) is 4.02. The molecule has 0 bridgehead atoms. The predicted molar refractivity (Wildman–Crippen MR) is 103 cm³/mol. The Hall–Kier alpha value is -2.89. The summed E-state index contributed by atoms with van der Waals surface area (Å²) in [5.74, 6) is 1.08. The van der Waals surface area contributed by atoms with Crippen molar-refractivity contribution in [2.75, 3.05) is 0 Å². The molecule has 1 N–H and O–H groups in total. The van der Waals surface area contributed by atoms with E-state index in [4.69, 9.17) is 4.42 Å². The molecule has 4 rings (SSSR count). The summed E-state index contributed by atoms with van der Waals surface area (Å²) in [7, 11) is 0. The van der Waals surface area contributed by atoms with Crippen molar-refractivity contribution in [3.05, 3.63) is 77.5 Å². The Morgan fingerprint density at radius 3 is 3.07 bits per heavy atom. The summed E-state index contributed by atoms with van der Waals surface area (Å²) < 4.78 is 21.4. The molecule has 1 aliphatic heterocycles. The SMILES string of the molecule is CC1CCCc2ncc(C(CC(=O)NCc3ccco3)c3cccc(F)c3)n21. The number of nitrogens with zero attached hydrogens (tertiary/aromatic N) is 2. The Labute approximate surface area is 163 Å². The van der Waals surface area contributed by atoms with Gasteiger partial charge in [0.2, 0.25) is 5.91 Å². The van der Waals surface area contributed by atoms with Crippen LogP contribution in [0.25, 0.3) is 0 Å². The van der Waals surface area contributed by atoms with E-state index in [1.54, 1.807) is 18.4 Å². The first kappa shape index (κ1) is 18.5. The van der Waals surface area contributed by atoms with Crippen LogP contribution in [0.5, 0.6) is 0 Å². The number of hydrogen-bond donors (Lipinski definition) is 1. The van der Waals surface area contributed by atoms with Crippen LogP contribution in [0, 0.1) is 5.82 Å². The van der Waals surface area contributed by atoms with Gasteiger partial charge >= 0.3 is 0 Å². The highest BCUT2D eigenvalue weighted by molar-refractivity contribution is 5.77. The minimum Gasteiger partial charge on any atom is -0.467 e. The molecule has 6 heteroatoms. The van der Waals surface area contributed by atoms with E-state index in [0.29, 0.717) is 18.3 Å². The van der Waals surface area contributed by atoms with E-state index in [0.717, 1.165) is 36.3 Å². The maximum absolute atomic E-state index is 13.9. The van der Waals surface area contributed by atoms with E-state index in [2.05, 4.69) is 21.8 Å². The molecule has 3 aromatic rings. The summed E-state index contributed by atoms with van der Waals surface area (Å²) in [6.45, 7) is 2.51. The van der Waals surface area contributed by atoms with Crippen LogP contribution in [0.3, 0.4) is 0 Å². The molecule has 0 saturated heterocycles. The van der Waals surface area contributed by atoms with Crippen molar-refractivity contribution in [1.82, 2.24) is 14.9 Å². The molecule has 1 aromatic carbocycles. The van der Waals surface area contributed by atoms with Crippen LogP contribution < -0.4 is 5.32 Å². The third kappa shape index (κ3) is 3.86. The van der Waals surface area contributed by atoms with E-state index < -0.39 is 0 Å². The standard InChI is InChI=1S/C22H24FN3O2/c1-15-5-2-9-21-24-14-20(26(15)21)19(16-6-3-7-17(23)11-16)12-22(27)25-13-18-8-4-10-28-18/h3-4,6-8,10-11,14-15,19H,2,5,9,12-13H2,1H3,(H,25,27). The minimum atomic E-state index is -0.301. The second-order valence-electron chi connectivity index (χ2n) is 7.38. The zero-order valence-electron chi connectivity index (χ0n) is 15.9. The first-order valence-corrected chi connectivity index (χ1v) is 9.72. The number of benzene rings is 1. The van der Waals surface area contributed by atoms with Crippen molar-refractivity contribution < 1.29 is 13.6 Å².